The van der Waals surface area contributed by atoms with E-state index in [0.717, 1.165) is 22.7 Å². The Hall–Kier alpha value is -1.96. The zero-order chi connectivity index (χ0) is 16.7. The second-order valence-electron chi connectivity index (χ2n) is 4.67. The summed E-state index contributed by atoms with van der Waals surface area (Å²) in [6.07, 6.45) is -4.86. The van der Waals surface area contributed by atoms with Gasteiger partial charge in [-0.15, -0.1) is 11.3 Å². The second-order valence-corrected chi connectivity index (χ2v) is 5.85. The number of carbonyl (C=O) groups excluding carboxylic acids is 1. The number of aryl methyl sites for hydroxylation is 1. The van der Waals surface area contributed by atoms with E-state index in [4.69, 9.17) is 0 Å². The lowest BCUT2D eigenvalue weighted by molar-refractivity contribution is -0.140. The minimum Gasteiger partial charge on any atom is -0.324 e. The van der Waals surface area contributed by atoms with Gasteiger partial charge in [-0.05, 0) is 26.0 Å². The molecular formula is C14H12F4N2OS. The van der Waals surface area contributed by atoms with Crippen LogP contribution in [-0.4, -0.2) is 10.5 Å². The molecule has 0 saturated heterocycles. The Morgan fingerprint density at radius 3 is 2.41 bits per heavy atom. The van der Waals surface area contributed by atoms with E-state index in [2.05, 4.69) is 4.99 Å². The number of amides is 1. The smallest absolute Gasteiger partial charge is 0.324 e. The molecule has 2 rings (SSSR count). The number of thiazole rings is 1. The van der Waals surface area contributed by atoms with Gasteiger partial charge in [-0.2, -0.15) is 18.2 Å². The van der Waals surface area contributed by atoms with Crippen molar-refractivity contribution < 1.29 is 22.4 Å². The van der Waals surface area contributed by atoms with E-state index in [1.807, 2.05) is 13.8 Å². The standard InChI is InChI=1S/C14H12F4N2OS/c1-7-8(2)22-13(20(7)3)19-12(21)9-5-4-6-10(11(9)15)14(16,17)18/h4-6H,1-3H3/b19-13-. The van der Waals surface area contributed by atoms with Crippen molar-refractivity contribution in [1.29, 1.82) is 0 Å². The maximum Gasteiger partial charge on any atom is 0.419 e. The van der Waals surface area contributed by atoms with E-state index in [-0.39, 0.29) is 0 Å². The Balaban J connectivity index is 2.54. The van der Waals surface area contributed by atoms with Gasteiger partial charge >= 0.3 is 6.18 Å². The molecule has 0 saturated carbocycles. The molecule has 0 unspecified atom stereocenters. The lowest BCUT2D eigenvalue weighted by Crippen LogP contribution is -2.16. The largest absolute Gasteiger partial charge is 0.419 e. The van der Waals surface area contributed by atoms with Crippen molar-refractivity contribution in [3.8, 4) is 0 Å². The Bertz CT molecular complexity index is 802. The highest BCUT2D eigenvalue weighted by Gasteiger charge is 2.35. The highest BCUT2D eigenvalue weighted by molar-refractivity contribution is 7.09. The number of hydrogen-bond donors (Lipinski definition) is 0. The zero-order valence-electron chi connectivity index (χ0n) is 12.0. The van der Waals surface area contributed by atoms with Crippen LogP contribution in [0.5, 0.6) is 0 Å². The van der Waals surface area contributed by atoms with E-state index in [1.54, 1.807) is 11.6 Å². The van der Waals surface area contributed by atoms with E-state index < -0.39 is 29.0 Å². The number of benzene rings is 1. The highest BCUT2D eigenvalue weighted by Crippen LogP contribution is 2.32. The van der Waals surface area contributed by atoms with Gasteiger partial charge in [0.25, 0.3) is 5.91 Å². The van der Waals surface area contributed by atoms with Crippen molar-refractivity contribution in [3.63, 3.8) is 0 Å². The molecule has 22 heavy (non-hydrogen) atoms. The van der Waals surface area contributed by atoms with Crippen molar-refractivity contribution >= 4 is 17.2 Å². The Morgan fingerprint density at radius 1 is 1.27 bits per heavy atom. The number of hydrogen-bond acceptors (Lipinski definition) is 2. The first-order valence-electron chi connectivity index (χ1n) is 6.20. The van der Waals surface area contributed by atoms with E-state index >= 15 is 0 Å². The number of alkyl halides is 3. The molecule has 0 bridgehead atoms. The molecule has 118 valence electrons. The summed E-state index contributed by atoms with van der Waals surface area (Å²) in [7, 11) is 1.67. The molecule has 0 fully saturated rings. The summed E-state index contributed by atoms with van der Waals surface area (Å²) in [5.41, 5.74) is -1.30. The zero-order valence-corrected chi connectivity index (χ0v) is 12.8. The van der Waals surface area contributed by atoms with Crippen molar-refractivity contribution in [2.45, 2.75) is 20.0 Å². The summed E-state index contributed by atoms with van der Waals surface area (Å²) in [6, 6.07) is 2.56. The van der Waals surface area contributed by atoms with Gasteiger partial charge in [-0.25, -0.2) is 4.39 Å². The average molecular weight is 332 g/mol. The van der Waals surface area contributed by atoms with Crippen LogP contribution in [0.3, 0.4) is 0 Å². The molecule has 0 spiro atoms. The van der Waals surface area contributed by atoms with Crippen molar-refractivity contribution in [1.82, 2.24) is 4.57 Å². The van der Waals surface area contributed by atoms with Gasteiger partial charge in [-0.3, -0.25) is 4.79 Å². The molecule has 0 aliphatic carbocycles. The van der Waals surface area contributed by atoms with Crippen LogP contribution in [0.4, 0.5) is 17.6 Å². The van der Waals surface area contributed by atoms with Crippen LogP contribution in [0, 0.1) is 19.7 Å². The summed E-state index contributed by atoms with van der Waals surface area (Å²) < 4.78 is 53.5. The Labute approximate surface area is 127 Å². The van der Waals surface area contributed by atoms with Gasteiger partial charge in [-0.1, -0.05) is 6.07 Å². The second kappa shape index (κ2) is 5.68. The molecule has 1 heterocycles. The molecular weight excluding hydrogens is 320 g/mol. The molecule has 0 atom stereocenters. The average Bonchev–Trinajstić information content (AvgIpc) is 2.65. The van der Waals surface area contributed by atoms with Crippen molar-refractivity contribution in [2.24, 2.45) is 12.0 Å². The number of rotatable bonds is 1. The summed E-state index contributed by atoms with van der Waals surface area (Å²) in [5.74, 6) is -2.64. The Morgan fingerprint density at radius 2 is 1.91 bits per heavy atom. The monoisotopic (exact) mass is 332 g/mol. The van der Waals surface area contributed by atoms with Crippen LogP contribution in [0.2, 0.25) is 0 Å². The minimum atomic E-state index is -4.86. The fraction of sp³-hybridized carbons (Fsp3) is 0.286. The number of nitrogens with zero attached hydrogens (tertiary/aromatic N) is 2. The molecule has 0 aliphatic heterocycles. The quantitative estimate of drug-likeness (QED) is 0.735. The summed E-state index contributed by atoms with van der Waals surface area (Å²) >= 11 is 1.21. The fourth-order valence-corrected chi connectivity index (χ4v) is 2.78. The fourth-order valence-electron chi connectivity index (χ4n) is 1.82. The van der Waals surface area contributed by atoms with Gasteiger partial charge in [0.2, 0.25) is 0 Å². The molecule has 3 nitrogen and oxygen atoms in total. The van der Waals surface area contributed by atoms with E-state index in [9.17, 15) is 22.4 Å². The van der Waals surface area contributed by atoms with Crippen LogP contribution in [0.15, 0.2) is 23.2 Å². The SMILES string of the molecule is Cc1s/c(=N\C(=O)c2cccc(C(F)(F)F)c2F)n(C)c1C. The summed E-state index contributed by atoms with van der Waals surface area (Å²) in [4.78, 5) is 17.0. The predicted molar refractivity (Wildman–Crippen MR) is 74.1 cm³/mol. The first-order valence-corrected chi connectivity index (χ1v) is 7.02. The van der Waals surface area contributed by atoms with E-state index in [0.29, 0.717) is 10.9 Å². The van der Waals surface area contributed by atoms with E-state index in [1.165, 1.54) is 11.3 Å². The van der Waals surface area contributed by atoms with Gasteiger partial charge in [0.1, 0.15) is 5.82 Å². The van der Waals surface area contributed by atoms with Crippen LogP contribution < -0.4 is 4.80 Å². The molecule has 1 aromatic heterocycles. The third-order valence-corrected chi connectivity index (χ3v) is 4.42. The maximum absolute atomic E-state index is 13.9. The molecule has 8 heteroatoms. The topological polar surface area (TPSA) is 34.4 Å². The lowest BCUT2D eigenvalue weighted by Gasteiger charge is -2.09. The molecule has 0 radical (unpaired) electrons. The lowest BCUT2D eigenvalue weighted by atomic mass is 10.1. The number of aromatic nitrogens is 1. The normalized spacial score (nSPS) is 12.8. The molecule has 2 aromatic rings. The molecule has 1 amide bonds. The first kappa shape index (κ1) is 16.4. The molecule has 1 aromatic carbocycles. The van der Waals surface area contributed by atoms with Gasteiger partial charge in [0.05, 0.1) is 11.1 Å². The van der Waals surface area contributed by atoms with Gasteiger partial charge < -0.3 is 4.57 Å². The first-order chi connectivity index (χ1) is 10.1. The third kappa shape index (κ3) is 2.96. The Kier molecular flexibility index (Phi) is 4.23. The van der Waals surface area contributed by atoms with Crippen LogP contribution >= 0.6 is 11.3 Å². The summed E-state index contributed by atoms with van der Waals surface area (Å²) in [6.45, 7) is 3.65. The minimum absolute atomic E-state index is 0.303. The number of halogens is 4. The molecule has 0 aliphatic rings. The maximum atomic E-state index is 13.9. The number of carbonyl (C=O) groups is 1. The van der Waals surface area contributed by atoms with Gasteiger partial charge in [0, 0.05) is 17.6 Å². The predicted octanol–water partition coefficient (Wildman–Crippen LogP) is 3.60. The van der Waals surface area contributed by atoms with Crippen LogP contribution in [-0.2, 0) is 13.2 Å². The van der Waals surface area contributed by atoms with Crippen molar-refractivity contribution in [2.75, 3.05) is 0 Å². The van der Waals surface area contributed by atoms with Crippen LogP contribution in [0.1, 0.15) is 26.5 Å². The highest BCUT2D eigenvalue weighted by atomic mass is 32.1. The third-order valence-electron chi connectivity index (χ3n) is 3.28. The van der Waals surface area contributed by atoms with Gasteiger partial charge in [0.15, 0.2) is 4.80 Å². The molecule has 0 N–H and O–H groups in total. The summed E-state index contributed by atoms with van der Waals surface area (Å²) in [5, 5.41) is 0. The van der Waals surface area contributed by atoms with Crippen molar-refractivity contribution in [3.05, 3.63) is 50.5 Å². The van der Waals surface area contributed by atoms with Crippen LogP contribution in [0.25, 0.3) is 0 Å².